The Kier molecular flexibility index (Phi) is 8.63. The first-order valence-electron chi connectivity index (χ1n) is 12.0. The maximum Gasteiger partial charge on any atom is 0.412 e. The topological polar surface area (TPSA) is 120 Å². The highest BCUT2D eigenvalue weighted by Gasteiger charge is 2.21. The van der Waals surface area contributed by atoms with E-state index in [4.69, 9.17) is 25.6 Å². The van der Waals surface area contributed by atoms with E-state index >= 15 is 0 Å². The Morgan fingerprint density at radius 1 is 0.974 bits per heavy atom. The Balaban J connectivity index is 1.46. The van der Waals surface area contributed by atoms with Crippen molar-refractivity contribution in [2.45, 2.75) is 26.4 Å². The Morgan fingerprint density at radius 3 is 2.38 bits per heavy atom. The predicted octanol–water partition coefficient (Wildman–Crippen LogP) is 6.58. The molecule has 200 valence electrons. The van der Waals surface area contributed by atoms with Gasteiger partial charge in [-0.05, 0) is 43.7 Å². The molecular weight excluding hydrogens is 522 g/mol. The van der Waals surface area contributed by atoms with Gasteiger partial charge < -0.3 is 19.3 Å². The van der Waals surface area contributed by atoms with Crippen molar-refractivity contribution in [3.63, 3.8) is 0 Å². The quantitative estimate of drug-likeness (QED) is 0.239. The molecule has 0 aliphatic carbocycles. The number of aryl methyl sites for hydroxylation is 1. The van der Waals surface area contributed by atoms with Gasteiger partial charge in [0.1, 0.15) is 17.5 Å². The summed E-state index contributed by atoms with van der Waals surface area (Å²) in [5.74, 6) is -0.455. The van der Waals surface area contributed by atoms with E-state index in [1.807, 2.05) is 6.07 Å². The van der Waals surface area contributed by atoms with E-state index in [-0.39, 0.29) is 12.3 Å². The third kappa shape index (κ3) is 6.63. The zero-order chi connectivity index (χ0) is 27.9. The van der Waals surface area contributed by atoms with Crippen LogP contribution >= 0.6 is 11.6 Å². The van der Waals surface area contributed by atoms with Gasteiger partial charge in [0.15, 0.2) is 5.76 Å². The minimum absolute atomic E-state index is 0.0338. The molecule has 0 fully saturated rings. The predicted molar refractivity (Wildman–Crippen MR) is 147 cm³/mol. The van der Waals surface area contributed by atoms with E-state index in [2.05, 4.69) is 15.8 Å². The highest BCUT2D eigenvalue weighted by Crippen LogP contribution is 2.32. The fourth-order valence-electron chi connectivity index (χ4n) is 3.87. The van der Waals surface area contributed by atoms with Crippen molar-refractivity contribution in [2.24, 2.45) is 0 Å². The fourth-order valence-corrected chi connectivity index (χ4v) is 4.16. The van der Waals surface area contributed by atoms with E-state index in [0.29, 0.717) is 50.1 Å². The van der Waals surface area contributed by atoms with Crippen LogP contribution in [0.5, 0.6) is 0 Å². The number of nitrogens with one attached hydrogen (secondary N) is 2. The van der Waals surface area contributed by atoms with Gasteiger partial charge in [0.2, 0.25) is 0 Å². The van der Waals surface area contributed by atoms with Gasteiger partial charge in [0, 0.05) is 27.4 Å². The van der Waals surface area contributed by atoms with Crippen LogP contribution in [0.2, 0.25) is 5.02 Å². The second-order valence-corrected chi connectivity index (χ2v) is 9.01. The maximum absolute atomic E-state index is 12.9. The van der Waals surface area contributed by atoms with E-state index in [0.717, 1.165) is 0 Å². The summed E-state index contributed by atoms with van der Waals surface area (Å²) in [6.45, 7) is 3.41. The number of rotatable bonds is 8. The van der Waals surface area contributed by atoms with Crippen molar-refractivity contribution in [3.05, 3.63) is 100 Å². The molecule has 2 N–H and O–H groups in total. The minimum Gasteiger partial charge on any atom is -0.469 e. The molecule has 0 aliphatic rings. The number of anilines is 2. The van der Waals surface area contributed by atoms with Crippen molar-refractivity contribution in [2.75, 3.05) is 17.7 Å². The Hall–Kier alpha value is -4.63. The normalized spacial score (nSPS) is 11.4. The number of para-hydroxylation sites is 1. The zero-order valence-corrected chi connectivity index (χ0v) is 22.2. The summed E-state index contributed by atoms with van der Waals surface area (Å²) in [6, 6.07) is 20.7. The standard InChI is InChI=1S/C29H26ClN3O6/c1-17-26(32-29(36)38-18(2)22-9-5-6-10-23(22)30)27(39-33-17)19-12-14-20(15-13-19)28(35)31-24-11-7-4-8-21(24)16-25(34)37-3/h4-15,18H,16H2,1-3H3,(H,31,35)(H,32,36)/t18-/m1/s1. The van der Waals surface area contributed by atoms with Crippen molar-refractivity contribution in [3.8, 4) is 11.3 Å². The Bertz CT molecular complexity index is 1500. The summed E-state index contributed by atoms with van der Waals surface area (Å²) >= 11 is 6.21. The van der Waals surface area contributed by atoms with E-state index in [1.165, 1.54) is 7.11 Å². The lowest BCUT2D eigenvalue weighted by Gasteiger charge is -2.15. The van der Waals surface area contributed by atoms with Crippen molar-refractivity contribution >= 4 is 40.9 Å². The molecule has 0 radical (unpaired) electrons. The third-order valence-corrected chi connectivity index (χ3v) is 6.30. The van der Waals surface area contributed by atoms with Crippen LogP contribution < -0.4 is 10.6 Å². The van der Waals surface area contributed by atoms with Gasteiger partial charge in [-0.1, -0.05) is 65.3 Å². The lowest BCUT2D eigenvalue weighted by molar-refractivity contribution is -0.139. The number of carbonyl (C=O) groups is 3. The van der Waals surface area contributed by atoms with E-state index < -0.39 is 18.2 Å². The van der Waals surface area contributed by atoms with Crippen LogP contribution in [0.15, 0.2) is 77.3 Å². The molecule has 1 atom stereocenters. The fraction of sp³-hybridized carbons (Fsp3) is 0.172. The van der Waals surface area contributed by atoms with Crippen LogP contribution in [-0.2, 0) is 20.7 Å². The Morgan fingerprint density at radius 2 is 1.67 bits per heavy atom. The number of halogens is 1. The number of methoxy groups -OCH3 is 1. The van der Waals surface area contributed by atoms with Gasteiger partial charge in [0.05, 0.1) is 13.5 Å². The molecule has 0 bridgehead atoms. The van der Waals surface area contributed by atoms with Crippen LogP contribution in [-0.4, -0.2) is 30.2 Å². The monoisotopic (exact) mass is 547 g/mol. The van der Waals surface area contributed by atoms with Crippen LogP contribution in [0.3, 0.4) is 0 Å². The smallest absolute Gasteiger partial charge is 0.412 e. The molecule has 0 saturated carbocycles. The molecule has 4 rings (SSSR count). The number of amides is 2. The largest absolute Gasteiger partial charge is 0.469 e. The number of ether oxygens (including phenoxy) is 2. The first kappa shape index (κ1) is 27.4. The second-order valence-electron chi connectivity index (χ2n) is 8.61. The first-order valence-corrected chi connectivity index (χ1v) is 12.4. The summed E-state index contributed by atoms with van der Waals surface area (Å²) in [4.78, 5) is 37.2. The number of hydrogen-bond donors (Lipinski definition) is 2. The molecule has 0 spiro atoms. The number of hydrogen-bond acceptors (Lipinski definition) is 7. The van der Waals surface area contributed by atoms with Crippen LogP contribution in [0, 0.1) is 6.92 Å². The van der Waals surface area contributed by atoms with Gasteiger partial charge in [-0.2, -0.15) is 0 Å². The van der Waals surface area contributed by atoms with Gasteiger partial charge in [0.25, 0.3) is 5.91 Å². The molecule has 39 heavy (non-hydrogen) atoms. The lowest BCUT2D eigenvalue weighted by atomic mass is 10.1. The molecular formula is C29H26ClN3O6. The highest BCUT2D eigenvalue weighted by molar-refractivity contribution is 6.31. The molecule has 10 heteroatoms. The van der Waals surface area contributed by atoms with E-state index in [1.54, 1.807) is 80.6 Å². The number of nitrogens with zero attached hydrogens (tertiary/aromatic N) is 1. The number of aromatic nitrogens is 1. The summed E-state index contributed by atoms with van der Waals surface area (Å²) in [5.41, 5.74) is 3.60. The number of benzene rings is 3. The van der Waals surface area contributed by atoms with Gasteiger partial charge in [-0.25, -0.2) is 4.79 Å². The molecule has 1 aromatic heterocycles. The Labute approximate surface area is 230 Å². The second kappa shape index (κ2) is 12.3. The molecule has 0 aliphatic heterocycles. The minimum atomic E-state index is -0.698. The van der Waals surface area contributed by atoms with Crippen LogP contribution in [0.4, 0.5) is 16.2 Å². The zero-order valence-electron chi connectivity index (χ0n) is 21.5. The summed E-state index contributed by atoms with van der Waals surface area (Å²) < 4.78 is 15.7. The summed E-state index contributed by atoms with van der Waals surface area (Å²) in [7, 11) is 1.31. The average Bonchev–Trinajstić information content (AvgIpc) is 3.29. The first-order chi connectivity index (χ1) is 18.8. The average molecular weight is 548 g/mol. The number of carbonyl (C=O) groups excluding carboxylic acids is 3. The number of esters is 1. The molecule has 9 nitrogen and oxygen atoms in total. The van der Waals surface area contributed by atoms with Gasteiger partial charge in [-0.3, -0.25) is 14.9 Å². The molecule has 4 aromatic rings. The third-order valence-electron chi connectivity index (χ3n) is 5.95. The van der Waals surface area contributed by atoms with Crippen molar-refractivity contribution < 1.29 is 28.4 Å². The molecule has 3 aromatic carbocycles. The summed E-state index contributed by atoms with van der Waals surface area (Å²) in [5, 5.41) is 9.99. The highest BCUT2D eigenvalue weighted by atomic mass is 35.5. The SMILES string of the molecule is COC(=O)Cc1ccccc1NC(=O)c1ccc(-c2onc(C)c2NC(=O)O[C@H](C)c2ccccc2Cl)cc1. The van der Waals surface area contributed by atoms with Crippen molar-refractivity contribution in [1.29, 1.82) is 0 Å². The lowest BCUT2D eigenvalue weighted by Crippen LogP contribution is -2.17. The molecule has 0 saturated heterocycles. The van der Waals surface area contributed by atoms with Crippen molar-refractivity contribution in [1.82, 2.24) is 5.16 Å². The van der Waals surface area contributed by atoms with Gasteiger partial charge in [-0.15, -0.1) is 0 Å². The summed E-state index contributed by atoms with van der Waals surface area (Å²) in [6.07, 6.45) is -1.25. The van der Waals surface area contributed by atoms with E-state index in [9.17, 15) is 14.4 Å². The van der Waals surface area contributed by atoms with Crippen LogP contribution in [0.25, 0.3) is 11.3 Å². The van der Waals surface area contributed by atoms with Gasteiger partial charge >= 0.3 is 12.1 Å². The molecule has 1 heterocycles. The van der Waals surface area contributed by atoms with Crippen LogP contribution in [0.1, 0.15) is 40.2 Å². The maximum atomic E-state index is 12.9. The molecule has 2 amide bonds. The molecule has 0 unspecified atom stereocenters.